The maximum Gasteiger partial charge on any atom is 0.339 e. The van der Waals surface area contributed by atoms with Gasteiger partial charge in [0.15, 0.2) is 6.61 Å². The van der Waals surface area contributed by atoms with Crippen LogP contribution in [-0.4, -0.2) is 24.7 Å². The molecule has 0 bridgehead atoms. The van der Waals surface area contributed by atoms with Crippen LogP contribution in [0.15, 0.2) is 83.8 Å². The van der Waals surface area contributed by atoms with Gasteiger partial charge in [-0.25, -0.2) is 4.79 Å². The molecule has 0 spiro atoms. The van der Waals surface area contributed by atoms with Gasteiger partial charge in [-0.1, -0.05) is 48.5 Å². The molecule has 5 nitrogen and oxygen atoms in total. The van der Waals surface area contributed by atoms with Crippen molar-refractivity contribution in [2.24, 2.45) is 0 Å². The molecule has 0 aromatic heterocycles. The summed E-state index contributed by atoms with van der Waals surface area (Å²) in [7, 11) is 0. The first-order valence-electron chi connectivity index (χ1n) is 9.03. The lowest BCUT2D eigenvalue weighted by atomic mass is 10.1. The van der Waals surface area contributed by atoms with E-state index in [0.29, 0.717) is 22.6 Å². The molecule has 0 fully saturated rings. The van der Waals surface area contributed by atoms with Crippen molar-refractivity contribution in [3.63, 3.8) is 0 Å². The number of para-hydroxylation sites is 2. The molecule has 1 N–H and O–H groups in total. The van der Waals surface area contributed by atoms with Gasteiger partial charge in [0.1, 0.15) is 12.4 Å². The van der Waals surface area contributed by atoms with Crippen LogP contribution in [0.25, 0.3) is 0 Å². The van der Waals surface area contributed by atoms with Crippen LogP contribution in [0, 0.1) is 0 Å². The van der Waals surface area contributed by atoms with Crippen LogP contribution in [0.4, 0.5) is 5.69 Å². The number of hydrogen-bond donors (Lipinski definition) is 1. The van der Waals surface area contributed by atoms with Crippen LogP contribution in [0.5, 0.6) is 5.75 Å². The normalized spacial score (nSPS) is 10.2. The van der Waals surface area contributed by atoms with Gasteiger partial charge < -0.3 is 14.8 Å². The second kappa shape index (κ2) is 10.3. The molecule has 0 saturated carbocycles. The quantitative estimate of drug-likeness (QED) is 0.430. The van der Waals surface area contributed by atoms with Gasteiger partial charge >= 0.3 is 5.97 Å². The number of carbonyl (C=O) groups excluding carboxylic acids is 2. The van der Waals surface area contributed by atoms with Gasteiger partial charge in [-0.3, -0.25) is 4.79 Å². The number of carbonyl (C=O) groups is 2. The molecule has 0 atom stereocenters. The van der Waals surface area contributed by atoms with Gasteiger partial charge in [-0.2, -0.15) is 0 Å². The maximum absolute atomic E-state index is 12.5. The van der Waals surface area contributed by atoms with E-state index in [9.17, 15) is 9.59 Å². The van der Waals surface area contributed by atoms with Crippen molar-refractivity contribution in [1.82, 2.24) is 0 Å². The van der Waals surface area contributed by atoms with Gasteiger partial charge in [0, 0.05) is 10.5 Å². The van der Waals surface area contributed by atoms with Crippen LogP contribution in [0.2, 0.25) is 0 Å². The lowest BCUT2D eigenvalue weighted by Crippen LogP contribution is -2.21. The van der Waals surface area contributed by atoms with Gasteiger partial charge in [-0.05, 0) is 36.6 Å². The minimum Gasteiger partial charge on any atom is -0.489 e. The van der Waals surface area contributed by atoms with Crippen molar-refractivity contribution >= 4 is 29.3 Å². The fourth-order valence-electron chi connectivity index (χ4n) is 2.67. The van der Waals surface area contributed by atoms with Gasteiger partial charge in [-0.15, -0.1) is 11.8 Å². The molecule has 0 aliphatic carbocycles. The van der Waals surface area contributed by atoms with Gasteiger partial charge in [0.25, 0.3) is 5.91 Å². The van der Waals surface area contributed by atoms with Crippen molar-refractivity contribution < 1.29 is 19.1 Å². The van der Waals surface area contributed by atoms with Crippen LogP contribution < -0.4 is 10.1 Å². The van der Waals surface area contributed by atoms with E-state index in [1.165, 1.54) is 11.8 Å². The summed E-state index contributed by atoms with van der Waals surface area (Å²) in [5, 5.41) is 2.77. The Balaban J connectivity index is 1.58. The van der Waals surface area contributed by atoms with Crippen LogP contribution >= 0.6 is 11.8 Å². The molecular formula is C23H21NO4S. The number of rotatable bonds is 8. The Kier molecular flexibility index (Phi) is 7.30. The Morgan fingerprint density at radius 3 is 2.38 bits per heavy atom. The minimum absolute atomic E-state index is 0.225. The predicted octanol–water partition coefficient (Wildman–Crippen LogP) is 4.78. The van der Waals surface area contributed by atoms with Crippen LogP contribution in [-0.2, 0) is 16.1 Å². The lowest BCUT2D eigenvalue weighted by Gasteiger charge is -2.12. The second-order valence-corrected chi connectivity index (χ2v) is 6.93. The fraction of sp³-hybridized carbons (Fsp3) is 0.130. The lowest BCUT2D eigenvalue weighted by molar-refractivity contribution is -0.119. The maximum atomic E-state index is 12.5. The molecule has 1 amide bonds. The van der Waals surface area contributed by atoms with Gasteiger partial charge in [0.05, 0.1) is 11.3 Å². The largest absolute Gasteiger partial charge is 0.489 e. The van der Waals surface area contributed by atoms with E-state index in [1.807, 2.05) is 66.9 Å². The molecule has 3 aromatic rings. The molecular weight excluding hydrogens is 386 g/mol. The highest BCUT2D eigenvalue weighted by molar-refractivity contribution is 7.98. The number of benzene rings is 3. The van der Waals surface area contributed by atoms with Crippen molar-refractivity contribution in [2.45, 2.75) is 11.5 Å². The third-order valence-corrected chi connectivity index (χ3v) is 4.89. The predicted molar refractivity (Wildman–Crippen MR) is 114 cm³/mol. The summed E-state index contributed by atoms with van der Waals surface area (Å²) in [4.78, 5) is 25.6. The third-order valence-electron chi connectivity index (χ3n) is 4.09. The molecule has 0 radical (unpaired) electrons. The molecule has 0 heterocycles. The summed E-state index contributed by atoms with van der Waals surface area (Å²) in [5.74, 6) is -0.245. The average Bonchev–Trinajstić information content (AvgIpc) is 2.77. The molecule has 0 unspecified atom stereocenters. The first kappa shape index (κ1) is 20.5. The molecule has 3 aromatic carbocycles. The number of thioether (sulfide) groups is 1. The summed E-state index contributed by atoms with van der Waals surface area (Å²) < 4.78 is 10.9. The molecule has 29 heavy (non-hydrogen) atoms. The highest BCUT2D eigenvalue weighted by Crippen LogP contribution is 2.24. The van der Waals surface area contributed by atoms with Gasteiger partial charge in [0.2, 0.25) is 0 Å². The van der Waals surface area contributed by atoms with Crippen molar-refractivity contribution in [3.05, 3.63) is 90.0 Å². The smallest absolute Gasteiger partial charge is 0.339 e. The third kappa shape index (κ3) is 5.86. The minimum atomic E-state index is -0.564. The zero-order valence-electron chi connectivity index (χ0n) is 16.0. The molecule has 0 saturated heterocycles. The van der Waals surface area contributed by atoms with E-state index in [4.69, 9.17) is 9.47 Å². The number of anilines is 1. The first-order chi connectivity index (χ1) is 14.2. The highest BCUT2D eigenvalue weighted by Gasteiger charge is 2.15. The van der Waals surface area contributed by atoms with E-state index in [1.54, 1.807) is 18.2 Å². The Hall–Kier alpha value is -3.25. The molecule has 6 heteroatoms. The van der Waals surface area contributed by atoms with E-state index >= 15 is 0 Å². The Morgan fingerprint density at radius 2 is 1.59 bits per heavy atom. The van der Waals surface area contributed by atoms with E-state index in [-0.39, 0.29) is 13.2 Å². The standard InChI is InChI=1S/C23H21NO4S/c1-29-21-14-8-7-13-20(21)24-22(25)16-28-23(26)19-12-6-5-9-17(19)15-27-18-10-3-2-4-11-18/h2-14H,15-16H2,1H3,(H,24,25). The Labute approximate surface area is 174 Å². The zero-order valence-corrected chi connectivity index (χ0v) is 16.8. The summed E-state index contributed by atoms with van der Waals surface area (Å²) in [5.41, 5.74) is 1.76. The monoisotopic (exact) mass is 407 g/mol. The van der Waals surface area contributed by atoms with Crippen molar-refractivity contribution in [1.29, 1.82) is 0 Å². The second-order valence-electron chi connectivity index (χ2n) is 6.08. The topological polar surface area (TPSA) is 64.6 Å². The average molecular weight is 407 g/mol. The molecule has 0 aliphatic heterocycles. The number of amides is 1. The summed E-state index contributed by atoms with van der Waals surface area (Å²) >= 11 is 1.53. The number of nitrogens with one attached hydrogen (secondary N) is 1. The Bertz CT molecular complexity index is 975. The molecule has 0 aliphatic rings. The van der Waals surface area contributed by atoms with Crippen LogP contribution in [0.3, 0.4) is 0 Å². The summed E-state index contributed by atoms with van der Waals surface area (Å²) in [6.07, 6.45) is 1.93. The van der Waals surface area contributed by atoms with Crippen molar-refractivity contribution in [2.75, 3.05) is 18.2 Å². The van der Waals surface area contributed by atoms with Crippen LogP contribution in [0.1, 0.15) is 15.9 Å². The fourth-order valence-corrected chi connectivity index (χ4v) is 3.22. The summed E-state index contributed by atoms with van der Waals surface area (Å²) in [6.45, 7) is -0.141. The number of esters is 1. The molecule has 148 valence electrons. The highest BCUT2D eigenvalue weighted by atomic mass is 32.2. The summed E-state index contributed by atoms with van der Waals surface area (Å²) in [6, 6.07) is 23.8. The zero-order chi connectivity index (χ0) is 20.5. The van der Waals surface area contributed by atoms with Crippen molar-refractivity contribution in [3.8, 4) is 5.75 Å². The Morgan fingerprint density at radius 1 is 0.897 bits per heavy atom. The molecule has 3 rings (SSSR count). The van der Waals surface area contributed by atoms with E-state index in [2.05, 4.69) is 5.32 Å². The number of hydrogen-bond acceptors (Lipinski definition) is 5. The van der Waals surface area contributed by atoms with E-state index in [0.717, 1.165) is 4.90 Å². The SMILES string of the molecule is CSc1ccccc1NC(=O)COC(=O)c1ccccc1COc1ccccc1. The van der Waals surface area contributed by atoms with E-state index < -0.39 is 11.9 Å². The number of ether oxygens (including phenoxy) is 2. The first-order valence-corrected chi connectivity index (χ1v) is 10.3.